The van der Waals surface area contributed by atoms with Gasteiger partial charge in [0.15, 0.2) is 17.5 Å². The molecule has 0 aliphatic carbocycles. The summed E-state index contributed by atoms with van der Waals surface area (Å²) in [5.74, 6) is 1.75. The summed E-state index contributed by atoms with van der Waals surface area (Å²) in [5.41, 5.74) is 3.39. The van der Waals surface area contributed by atoms with Crippen molar-refractivity contribution in [1.82, 2.24) is 30.6 Å². The van der Waals surface area contributed by atoms with Crippen molar-refractivity contribution < 1.29 is 0 Å². The maximum absolute atomic E-state index is 4.46. The molecule has 0 fully saturated rings. The molecule has 0 bridgehead atoms. The van der Waals surface area contributed by atoms with E-state index < -0.39 is 0 Å². The summed E-state index contributed by atoms with van der Waals surface area (Å²) in [4.78, 5) is 0. The Bertz CT molecular complexity index is 1490. The molecule has 3 aromatic carbocycles. The van der Waals surface area contributed by atoms with Gasteiger partial charge in [-0.3, -0.25) is 5.43 Å². The van der Waals surface area contributed by atoms with Crippen LogP contribution in [0.15, 0.2) is 91.4 Å². The van der Waals surface area contributed by atoms with Crippen molar-refractivity contribution in [3.8, 4) is 0 Å². The molecule has 0 unspecified atom stereocenters. The largest absolute Gasteiger partial charge is 0.272 e. The second-order valence-electron chi connectivity index (χ2n) is 7.24. The minimum absolute atomic E-state index is 0.576. The molecular weight excluding hydrogens is 400 g/mol. The predicted molar refractivity (Wildman–Crippen MR) is 124 cm³/mol. The van der Waals surface area contributed by atoms with Gasteiger partial charge in [-0.05, 0) is 0 Å². The first-order valence-corrected chi connectivity index (χ1v) is 10.1. The molecule has 0 aliphatic rings. The van der Waals surface area contributed by atoms with Crippen LogP contribution in [0.1, 0.15) is 0 Å². The lowest BCUT2D eigenvalue weighted by Gasteiger charge is -2.25. The topological polar surface area (TPSA) is 92.6 Å². The number of hydrogen-bond acceptors (Lipinski definition) is 8. The van der Waals surface area contributed by atoms with E-state index in [1.165, 1.54) is 0 Å². The third kappa shape index (κ3) is 3.02. The van der Waals surface area contributed by atoms with Crippen LogP contribution < -0.4 is 10.4 Å². The molecule has 32 heavy (non-hydrogen) atoms. The number of anilines is 3. The summed E-state index contributed by atoms with van der Waals surface area (Å²) in [6, 6.07) is 23.8. The number of hydrazine groups is 1. The highest BCUT2D eigenvalue weighted by Crippen LogP contribution is 2.33. The van der Waals surface area contributed by atoms with Crippen molar-refractivity contribution >= 4 is 49.8 Å². The highest BCUT2D eigenvalue weighted by molar-refractivity contribution is 6.00. The third-order valence-electron chi connectivity index (χ3n) is 5.31. The van der Waals surface area contributed by atoms with Crippen LogP contribution >= 0.6 is 0 Å². The van der Waals surface area contributed by atoms with Gasteiger partial charge in [0.05, 0.1) is 18.6 Å². The lowest BCUT2D eigenvalue weighted by Crippen LogP contribution is -2.28. The van der Waals surface area contributed by atoms with E-state index in [0.29, 0.717) is 17.5 Å². The van der Waals surface area contributed by atoms with Gasteiger partial charge in [-0.25, -0.2) is 5.01 Å². The number of nitrogens with zero attached hydrogens (tertiary/aromatic N) is 7. The van der Waals surface area contributed by atoms with Crippen molar-refractivity contribution in [2.45, 2.75) is 0 Å². The molecule has 8 nitrogen and oxygen atoms in total. The van der Waals surface area contributed by atoms with E-state index in [0.717, 1.165) is 32.3 Å². The number of rotatable bonds is 4. The second-order valence-corrected chi connectivity index (χ2v) is 7.24. The van der Waals surface area contributed by atoms with Crippen LogP contribution in [0, 0.1) is 0 Å². The summed E-state index contributed by atoms with van der Waals surface area (Å²) < 4.78 is 0. The fourth-order valence-corrected chi connectivity index (χ4v) is 3.78. The predicted octanol–water partition coefficient (Wildman–Crippen LogP) is 4.68. The minimum atomic E-state index is 0.576. The molecular formula is C24H16N8. The molecule has 6 rings (SSSR count). The van der Waals surface area contributed by atoms with Gasteiger partial charge in [-0.15, -0.1) is 15.3 Å². The molecule has 1 N–H and O–H groups in total. The quantitative estimate of drug-likeness (QED) is 0.414. The van der Waals surface area contributed by atoms with Crippen LogP contribution in [0.2, 0.25) is 0 Å². The molecule has 8 heteroatoms. The van der Waals surface area contributed by atoms with E-state index in [9.17, 15) is 0 Å². The van der Waals surface area contributed by atoms with Crippen molar-refractivity contribution in [2.75, 3.05) is 10.4 Å². The van der Waals surface area contributed by atoms with Gasteiger partial charge in [-0.1, -0.05) is 72.8 Å². The van der Waals surface area contributed by atoms with Crippen molar-refractivity contribution in [3.63, 3.8) is 0 Å². The maximum Gasteiger partial charge on any atom is 0.183 e. The maximum atomic E-state index is 4.46. The molecule has 6 aromatic rings. The van der Waals surface area contributed by atoms with E-state index in [2.05, 4.69) is 36.0 Å². The number of fused-ring (bicyclic) bond motifs is 3. The first-order chi connectivity index (χ1) is 15.9. The van der Waals surface area contributed by atoms with E-state index in [4.69, 9.17) is 0 Å². The van der Waals surface area contributed by atoms with Gasteiger partial charge in [0, 0.05) is 32.3 Å². The zero-order chi connectivity index (χ0) is 21.3. The Morgan fingerprint density at radius 1 is 0.500 bits per heavy atom. The minimum Gasteiger partial charge on any atom is -0.272 e. The Balaban J connectivity index is 1.61. The van der Waals surface area contributed by atoms with Crippen LogP contribution in [-0.2, 0) is 0 Å². The van der Waals surface area contributed by atoms with Gasteiger partial charge in [-0.2, -0.15) is 15.3 Å². The lowest BCUT2D eigenvalue weighted by molar-refractivity contribution is 0.938. The molecule has 0 spiro atoms. The number of hydrogen-bond donors (Lipinski definition) is 1. The molecule has 0 saturated carbocycles. The van der Waals surface area contributed by atoms with Crippen LogP contribution in [-0.4, -0.2) is 30.6 Å². The molecule has 3 heterocycles. The molecule has 3 aromatic heterocycles. The Labute approximate surface area is 182 Å². The molecule has 0 atom stereocenters. The molecule has 0 saturated heterocycles. The Morgan fingerprint density at radius 3 is 1.50 bits per heavy atom. The first kappa shape index (κ1) is 18.1. The summed E-state index contributed by atoms with van der Waals surface area (Å²) in [7, 11) is 0. The van der Waals surface area contributed by atoms with E-state index in [1.807, 2.05) is 72.8 Å². The van der Waals surface area contributed by atoms with E-state index in [-0.39, 0.29) is 0 Å². The number of nitrogens with one attached hydrogen (secondary N) is 1. The average Bonchev–Trinajstić information content (AvgIpc) is 2.87. The SMILES string of the molecule is c1ccc2c(NN(c3nncc4ccccc34)c3nncc4ccccc34)nncc2c1. The zero-order valence-electron chi connectivity index (χ0n) is 16.8. The number of aromatic nitrogens is 6. The lowest BCUT2D eigenvalue weighted by atomic mass is 10.1. The smallest absolute Gasteiger partial charge is 0.183 e. The molecule has 152 valence electrons. The normalized spacial score (nSPS) is 11.1. The Morgan fingerprint density at radius 2 is 0.938 bits per heavy atom. The third-order valence-corrected chi connectivity index (χ3v) is 5.31. The summed E-state index contributed by atoms with van der Waals surface area (Å²) >= 11 is 0. The van der Waals surface area contributed by atoms with Crippen LogP contribution in [0.25, 0.3) is 32.3 Å². The van der Waals surface area contributed by atoms with E-state index >= 15 is 0 Å². The average molecular weight is 416 g/mol. The summed E-state index contributed by atoms with van der Waals surface area (Å²) in [5, 5.41) is 33.3. The van der Waals surface area contributed by atoms with E-state index in [1.54, 1.807) is 23.6 Å². The fourth-order valence-electron chi connectivity index (χ4n) is 3.78. The Hall–Kier alpha value is -4.72. The standard InChI is InChI=1S/C24H16N8/c1-4-10-19-16(7-1)13-25-28-22(19)31-32(23-20-11-5-2-8-17(20)14-26-29-23)24-21-12-6-3-9-18(21)15-27-30-24/h1-15H,(H,28,31). The summed E-state index contributed by atoms with van der Waals surface area (Å²) in [6.07, 6.45) is 5.22. The van der Waals surface area contributed by atoms with Gasteiger partial charge >= 0.3 is 0 Å². The molecule has 0 amide bonds. The number of benzene rings is 3. The van der Waals surface area contributed by atoms with Gasteiger partial charge in [0.1, 0.15) is 0 Å². The van der Waals surface area contributed by atoms with Crippen molar-refractivity contribution in [3.05, 3.63) is 91.4 Å². The van der Waals surface area contributed by atoms with Crippen LogP contribution in [0.5, 0.6) is 0 Å². The monoisotopic (exact) mass is 416 g/mol. The van der Waals surface area contributed by atoms with Crippen molar-refractivity contribution in [2.24, 2.45) is 0 Å². The second kappa shape index (κ2) is 7.51. The molecule has 0 radical (unpaired) electrons. The zero-order valence-corrected chi connectivity index (χ0v) is 16.8. The Kier molecular flexibility index (Phi) is 4.25. The van der Waals surface area contributed by atoms with Gasteiger partial charge < -0.3 is 0 Å². The fraction of sp³-hybridized carbons (Fsp3) is 0. The first-order valence-electron chi connectivity index (χ1n) is 10.1. The summed E-state index contributed by atoms with van der Waals surface area (Å²) in [6.45, 7) is 0. The van der Waals surface area contributed by atoms with Crippen molar-refractivity contribution in [1.29, 1.82) is 0 Å². The van der Waals surface area contributed by atoms with Crippen LogP contribution in [0.3, 0.4) is 0 Å². The van der Waals surface area contributed by atoms with Gasteiger partial charge in [0.2, 0.25) is 0 Å². The highest BCUT2D eigenvalue weighted by Gasteiger charge is 2.21. The van der Waals surface area contributed by atoms with Gasteiger partial charge in [0.25, 0.3) is 0 Å². The molecule has 0 aliphatic heterocycles. The highest BCUT2D eigenvalue weighted by atomic mass is 15.6. The van der Waals surface area contributed by atoms with Crippen LogP contribution in [0.4, 0.5) is 17.5 Å².